The van der Waals surface area contributed by atoms with Gasteiger partial charge in [0.1, 0.15) is 5.01 Å². The second-order valence-electron chi connectivity index (χ2n) is 5.58. The van der Waals surface area contributed by atoms with Crippen molar-refractivity contribution in [1.82, 2.24) is 14.5 Å². The number of amides is 1. The van der Waals surface area contributed by atoms with Crippen molar-refractivity contribution in [2.24, 2.45) is 0 Å². The van der Waals surface area contributed by atoms with Crippen LogP contribution in [-0.4, -0.2) is 42.4 Å². The van der Waals surface area contributed by atoms with E-state index in [9.17, 15) is 13.2 Å². The van der Waals surface area contributed by atoms with E-state index in [2.05, 4.69) is 22.4 Å². The van der Waals surface area contributed by atoms with Gasteiger partial charge in [-0.15, -0.1) is 10.2 Å². The molecule has 2 rings (SSSR count). The third-order valence-electron chi connectivity index (χ3n) is 3.53. The van der Waals surface area contributed by atoms with Gasteiger partial charge in [-0.25, -0.2) is 8.42 Å². The normalized spacial score (nSPS) is 11.6. The number of benzene rings is 1. The van der Waals surface area contributed by atoms with E-state index in [-0.39, 0.29) is 11.4 Å². The molecule has 0 atom stereocenters. The summed E-state index contributed by atoms with van der Waals surface area (Å²) < 4.78 is 25.8. The number of hydrogen-bond acceptors (Lipinski definition) is 6. The maximum absolute atomic E-state index is 12.4. The summed E-state index contributed by atoms with van der Waals surface area (Å²) in [5.74, 6) is -0.446. The summed E-state index contributed by atoms with van der Waals surface area (Å²) in [6.45, 7) is 1.84. The van der Waals surface area contributed by atoms with Gasteiger partial charge in [0.2, 0.25) is 21.1 Å². The topological polar surface area (TPSA) is 92.3 Å². The number of nitrogens with zero attached hydrogens (tertiary/aromatic N) is 3. The highest BCUT2D eigenvalue weighted by Crippen LogP contribution is 2.18. The number of unbranched alkanes of at least 4 members (excludes halogenated alkanes) is 2. The first-order valence-corrected chi connectivity index (χ1v) is 10.3. The fourth-order valence-electron chi connectivity index (χ4n) is 2.15. The Morgan fingerprint density at radius 1 is 1.20 bits per heavy atom. The Labute approximate surface area is 152 Å². The highest BCUT2D eigenvalue weighted by molar-refractivity contribution is 7.89. The van der Waals surface area contributed by atoms with Gasteiger partial charge in [-0.2, -0.15) is 4.31 Å². The zero-order valence-corrected chi connectivity index (χ0v) is 15.9. The number of aryl methyl sites for hydroxylation is 1. The first kappa shape index (κ1) is 19.5. The minimum Gasteiger partial charge on any atom is -0.299 e. The van der Waals surface area contributed by atoms with Crippen molar-refractivity contribution in [3.63, 3.8) is 0 Å². The molecule has 0 radical (unpaired) electrons. The molecule has 2 aromatic rings. The average Bonchev–Trinajstić information content (AvgIpc) is 3.03. The number of aromatic nitrogens is 2. The van der Waals surface area contributed by atoms with Gasteiger partial charge in [-0.1, -0.05) is 49.3 Å². The molecular weight excluding hydrogens is 360 g/mol. The van der Waals surface area contributed by atoms with E-state index in [4.69, 9.17) is 0 Å². The second-order valence-corrected chi connectivity index (χ2v) is 8.69. The van der Waals surface area contributed by atoms with Crippen LogP contribution in [-0.2, 0) is 21.2 Å². The van der Waals surface area contributed by atoms with Crippen LogP contribution in [0.15, 0.2) is 35.2 Å². The van der Waals surface area contributed by atoms with Gasteiger partial charge in [0.15, 0.2) is 0 Å². The summed E-state index contributed by atoms with van der Waals surface area (Å²) in [7, 11) is -2.32. The molecule has 1 aromatic carbocycles. The molecule has 7 nitrogen and oxygen atoms in total. The zero-order chi connectivity index (χ0) is 18.3. The minimum atomic E-state index is -3.70. The fraction of sp³-hybridized carbons (Fsp3) is 0.438. The number of likely N-dealkylation sites (N-methyl/N-ethyl adjacent to an activating group) is 1. The van der Waals surface area contributed by atoms with Crippen LogP contribution in [0.1, 0.15) is 31.2 Å². The smallest absolute Gasteiger partial charge is 0.243 e. The molecule has 1 amide bonds. The van der Waals surface area contributed by atoms with Crippen LogP contribution >= 0.6 is 11.3 Å². The van der Waals surface area contributed by atoms with Crippen molar-refractivity contribution in [3.8, 4) is 0 Å². The van der Waals surface area contributed by atoms with E-state index in [1.54, 1.807) is 18.2 Å². The lowest BCUT2D eigenvalue weighted by Gasteiger charge is -2.16. The van der Waals surface area contributed by atoms with E-state index in [0.29, 0.717) is 5.13 Å². The molecule has 9 heteroatoms. The van der Waals surface area contributed by atoms with E-state index in [0.717, 1.165) is 35.0 Å². The molecule has 0 bridgehead atoms. The summed E-state index contributed by atoms with van der Waals surface area (Å²) in [4.78, 5) is 12.2. The minimum absolute atomic E-state index is 0.152. The summed E-state index contributed by atoms with van der Waals surface area (Å²) in [5, 5.41) is 11.8. The third-order valence-corrected chi connectivity index (χ3v) is 6.24. The predicted octanol–water partition coefficient (Wildman–Crippen LogP) is 2.53. The van der Waals surface area contributed by atoms with Crippen molar-refractivity contribution in [2.45, 2.75) is 37.5 Å². The number of rotatable bonds is 9. The van der Waals surface area contributed by atoms with Crippen molar-refractivity contribution in [3.05, 3.63) is 35.3 Å². The van der Waals surface area contributed by atoms with E-state index < -0.39 is 15.9 Å². The van der Waals surface area contributed by atoms with Crippen LogP contribution in [0.25, 0.3) is 0 Å². The Balaban J connectivity index is 1.91. The number of nitrogens with one attached hydrogen (secondary N) is 1. The molecule has 0 unspecified atom stereocenters. The van der Waals surface area contributed by atoms with E-state index >= 15 is 0 Å². The van der Waals surface area contributed by atoms with Crippen LogP contribution in [0, 0.1) is 0 Å². The maximum atomic E-state index is 12.4. The number of sulfonamides is 1. The van der Waals surface area contributed by atoms with Gasteiger partial charge in [-0.3, -0.25) is 10.1 Å². The maximum Gasteiger partial charge on any atom is 0.243 e. The molecule has 1 aromatic heterocycles. The predicted molar refractivity (Wildman–Crippen MR) is 98.0 cm³/mol. The third kappa shape index (κ3) is 5.58. The molecule has 0 aliphatic carbocycles. The highest BCUT2D eigenvalue weighted by atomic mass is 32.2. The van der Waals surface area contributed by atoms with Gasteiger partial charge in [0.05, 0.1) is 11.4 Å². The van der Waals surface area contributed by atoms with Gasteiger partial charge in [0.25, 0.3) is 0 Å². The van der Waals surface area contributed by atoms with Gasteiger partial charge >= 0.3 is 0 Å². The Bertz CT molecular complexity index is 791. The quantitative estimate of drug-likeness (QED) is 0.673. The Kier molecular flexibility index (Phi) is 7.03. The van der Waals surface area contributed by atoms with Gasteiger partial charge < -0.3 is 0 Å². The standard InChI is InChI=1S/C16H22N4O3S2/c1-3-4-6-11-15-18-19-16(24-15)17-14(21)12-20(2)25(22,23)13-9-7-5-8-10-13/h5,7-10H,3-4,6,11-12H2,1-2H3,(H,17,19,21). The first-order chi connectivity index (χ1) is 11.9. The molecule has 25 heavy (non-hydrogen) atoms. The average molecular weight is 383 g/mol. The molecule has 0 saturated carbocycles. The highest BCUT2D eigenvalue weighted by Gasteiger charge is 2.23. The molecule has 0 saturated heterocycles. The largest absolute Gasteiger partial charge is 0.299 e. The lowest BCUT2D eigenvalue weighted by molar-refractivity contribution is -0.116. The molecule has 0 aliphatic rings. The molecule has 0 fully saturated rings. The lowest BCUT2D eigenvalue weighted by Crippen LogP contribution is -2.34. The van der Waals surface area contributed by atoms with Crippen LogP contribution in [0.4, 0.5) is 5.13 Å². The number of anilines is 1. The van der Waals surface area contributed by atoms with E-state index in [1.807, 2.05) is 0 Å². The monoisotopic (exact) mass is 382 g/mol. The van der Waals surface area contributed by atoms with Gasteiger partial charge in [-0.05, 0) is 18.6 Å². The number of carbonyl (C=O) groups is 1. The molecule has 136 valence electrons. The van der Waals surface area contributed by atoms with Crippen molar-refractivity contribution < 1.29 is 13.2 Å². The van der Waals surface area contributed by atoms with Crippen LogP contribution < -0.4 is 5.32 Å². The SMILES string of the molecule is CCCCCc1nnc(NC(=O)CN(C)S(=O)(=O)c2ccccc2)s1. The second kappa shape index (κ2) is 9.02. The summed E-state index contributed by atoms with van der Waals surface area (Å²) in [6.07, 6.45) is 4.13. The van der Waals surface area contributed by atoms with Crippen LogP contribution in [0.5, 0.6) is 0 Å². The number of hydrogen-bond donors (Lipinski definition) is 1. The summed E-state index contributed by atoms with van der Waals surface area (Å²) >= 11 is 1.32. The van der Waals surface area contributed by atoms with Crippen molar-refractivity contribution in [1.29, 1.82) is 0 Å². The number of carbonyl (C=O) groups excluding carboxylic acids is 1. The Hall–Kier alpha value is -1.84. The van der Waals surface area contributed by atoms with Crippen molar-refractivity contribution in [2.75, 3.05) is 18.9 Å². The Morgan fingerprint density at radius 3 is 2.60 bits per heavy atom. The lowest BCUT2D eigenvalue weighted by atomic mass is 10.2. The van der Waals surface area contributed by atoms with Crippen LogP contribution in [0.3, 0.4) is 0 Å². The zero-order valence-electron chi connectivity index (χ0n) is 14.3. The van der Waals surface area contributed by atoms with E-state index in [1.165, 1.54) is 30.5 Å². The van der Waals surface area contributed by atoms with Crippen molar-refractivity contribution >= 4 is 32.4 Å². The molecule has 0 aliphatic heterocycles. The molecule has 1 N–H and O–H groups in total. The Morgan fingerprint density at radius 2 is 1.92 bits per heavy atom. The van der Waals surface area contributed by atoms with Crippen LogP contribution in [0.2, 0.25) is 0 Å². The summed E-state index contributed by atoms with van der Waals surface area (Å²) in [5.41, 5.74) is 0. The molecule has 1 heterocycles. The van der Waals surface area contributed by atoms with Gasteiger partial charge in [0, 0.05) is 13.5 Å². The fourth-order valence-corrected chi connectivity index (χ4v) is 4.10. The summed E-state index contributed by atoms with van der Waals surface area (Å²) in [6, 6.07) is 8.01. The molecular formula is C16H22N4O3S2. The first-order valence-electron chi connectivity index (χ1n) is 8.07. The molecule has 0 spiro atoms.